The molecule has 1 fully saturated rings. The lowest BCUT2D eigenvalue weighted by molar-refractivity contribution is -0.142. The normalized spacial score (nSPS) is 21.0. The zero-order chi connectivity index (χ0) is 17.0. The quantitative estimate of drug-likeness (QED) is 0.816. The van der Waals surface area contributed by atoms with E-state index in [9.17, 15) is 22.8 Å². The second-order valence-corrected chi connectivity index (χ2v) is 5.36. The number of esters is 1. The first-order valence-electron chi connectivity index (χ1n) is 7.06. The number of hydrogen-bond donors (Lipinski definition) is 2. The molecule has 23 heavy (non-hydrogen) atoms. The molecule has 0 aromatic heterocycles. The molecule has 1 amide bonds. The number of ether oxygens (including phenoxy) is 1. The van der Waals surface area contributed by atoms with Gasteiger partial charge in [0.05, 0.1) is 19.1 Å². The van der Waals surface area contributed by atoms with Crippen molar-refractivity contribution in [3.8, 4) is 0 Å². The van der Waals surface area contributed by atoms with Crippen LogP contribution in [0.3, 0.4) is 0 Å². The Morgan fingerprint density at radius 1 is 1.39 bits per heavy atom. The number of amides is 1. The van der Waals surface area contributed by atoms with Crippen LogP contribution in [0.5, 0.6) is 0 Å². The van der Waals surface area contributed by atoms with Crippen LogP contribution in [0.4, 0.5) is 13.2 Å². The van der Waals surface area contributed by atoms with Gasteiger partial charge in [-0.15, -0.1) is 0 Å². The molecule has 0 bridgehead atoms. The Morgan fingerprint density at radius 2 is 2.13 bits per heavy atom. The fraction of sp³-hybridized carbons (Fsp3) is 0.467. The van der Waals surface area contributed by atoms with E-state index in [2.05, 4.69) is 15.4 Å². The molecule has 0 unspecified atom stereocenters. The third-order valence-corrected chi connectivity index (χ3v) is 3.60. The molecular weight excluding hydrogens is 313 g/mol. The zero-order valence-electron chi connectivity index (χ0n) is 12.4. The van der Waals surface area contributed by atoms with E-state index in [0.29, 0.717) is 13.0 Å². The van der Waals surface area contributed by atoms with Crippen LogP contribution in [0, 0.1) is 0 Å². The maximum atomic E-state index is 12.6. The molecule has 126 valence electrons. The standard InChI is InChI=1S/C15H17F3N2O3/c1-23-14(22)12-7-11(8-19-12)20-13(21)6-9-3-2-4-10(5-9)15(16,17)18/h2-5,11-12,19H,6-8H2,1H3,(H,20,21)/t11-,12-/m0/s1. The first-order valence-corrected chi connectivity index (χ1v) is 7.06. The molecule has 1 saturated heterocycles. The highest BCUT2D eigenvalue weighted by molar-refractivity contribution is 5.80. The molecule has 0 radical (unpaired) electrons. The zero-order valence-corrected chi connectivity index (χ0v) is 12.4. The number of carbonyl (C=O) groups excluding carboxylic acids is 2. The Hall–Kier alpha value is -2.09. The second kappa shape index (κ2) is 6.99. The molecule has 1 aromatic rings. The van der Waals surface area contributed by atoms with Crippen LogP contribution in [0.25, 0.3) is 0 Å². The molecule has 1 aromatic carbocycles. The summed E-state index contributed by atoms with van der Waals surface area (Å²) >= 11 is 0. The van der Waals surface area contributed by atoms with Crippen LogP contribution >= 0.6 is 0 Å². The number of methoxy groups -OCH3 is 1. The van der Waals surface area contributed by atoms with Crippen molar-refractivity contribution in [3.05, 3.63) is 35.4 Å². The third-order valence-electron chi connectivity index (χ3n) is 3.60. The summed E-state index contributed by atoms with van der Waals surface area (Å²) in [5.74, 6) is -0.790. The molecule has 1 aliphatic heterocycles. The number of carbonyl (C=O) groups is 2. The molecule has 2 rings (SSSR count). The smallest absolute Gasteiger partial charge is 0.416 e. The molecule has 2 atom stereocenters. The number of hydrogen-bond acceptors (Lipinski definition) is 4. The van der Waals surface area contributed by atoms with Gasteiger partial charge < -0.3 is 15.4 Å². The molecular formula is C15H17F3N2O3. The first kappa shape index (κ1) is 17.3. The fourth-order valence-electron chi connectivity index (χ4n) is 2.49. The van der Waals surface area contributed by atoms with Crippen molar-refractivity contribution >= 4 is 11.9 Å². The maximum absolute atomic E-state index is 12.6. The van der Waals surface area contributed by atoms with Gasteiger partial charge in [-0.2, -0.15) is 13.2 Å². The van der Waals surface area contributed by atoms with Crippen molar-refractivity contribution in [3.63, 3.8) is 0 Å². The predicted octanol–water partition coefficient (Wildman–Crippen LogP) is 1.27. The van der Waals surface area contributed by atoms with Crippen molar-refractivity contribution < 1.29 is 27.5 Å². The van der Waals surface area contributed by atoms with Gasteiger partial charge in [-0.25, -0.2) is 0 Å². The Labute approximate surface area is 131 Å². The largest absolute Gasteiger partial charge is 0.468 e. The van der Waals surface area contributed by atoms with Crippen molar-refractivity contribution in [2.24, 2.45) is 0 Å². The molecule has 0 spiro atoms. The molecule has 8 heteroatoms. The highest BCUT2D eigenvalue weighted by atomic mass is 19.4. The van der Waals surface area contributed by atoms with Gasteiger partial charge in [-0.1, -0.05) is 18.2 Å². The van der Waals surface area contributed by atoms with Crippen LogP contribution in [0.15, 0.2) is 24.3 Å². The summed E-state index contributed by atoms with van der Waals surface area (Å²) in [6.45, 7) is 0.411. The summed E-state index contributed by atoms with van der Waals surface area (Å²) in [4.78, 5) is 23.3. The average molecular weight is 330 g/mol. The predicted molar refractivity (Wildman–Crippen MR) is 75.5 cm³/mol. The van der Waals surface area contributed by atoms with E-state index in [4.69, 9.17) is 0 Å². The summed E-state index contributed by atoms with van der Waals surface area (Å²) in [6, 6.07) is 3.94. The van der Waals surface area contributed by atoms with E-state index in [1.165, 1.54) is 19.2 Å². The highest BCUT2D eigenvalue weighted by Gasteiger charge is 2.32. The maximum Gasteiger partial charge on any atom is 0.416 e. The third kappa shape index (κ3) is 4.69. The number of alkyl halides is 3. The minimum Gasteiger partial charge on any atom is -0.468 e. The molecule has 0 aliphatic carbocycles. The van der Waals surface area contributed by atoms with Gasteiger partial charge in [0.15, 0.2) is 0 Å². The van der Waals surface area contributed by atoms with Crippen LogP contribution < -0.4 is 10.6 Å². The summed E-state index contributed by atoms with van der Waals surface area (Å²) < 4.78 is 42.5. The lowest BCUT2D eigenvalue weighted by atomic mass is 10.1. The molecule has 1 heterocycles. The van der Waals surface area contributed by atoms with E-state index >= 15 is 0 Å². The van der Waals surface area contributed by atoms with Gasteiger partial charge in [0.2, 0.25) is 5.91 Å². The van der Waals surface area contributed by atoms with Gasteiger partial charge in [0.1, 0.15) is 6.04 Å². The van der Waals surface area contributed by atoms with E-state index < -0.39 is 23.8 Å². The number of rotatable bonds is 4. The van der Waals surface area contributed by atoms with Crippen molar-refractivity contribution in [1.82, 2.24) is 10.6 Å². The first-order chi connectivity index (χ1) is 10.8. The number of benzene rings is 1. The Bertz CT molecular complexity index is 590. The van der Waals surface area contributed by atoms with E-state index in [1.807, 2.05) is 0 Å². The van der Waals surface area contributed by atoms with Crippen LogP contribution in [-0.2, 0) is 26.9 Å². The monoisotopic (exact) mass is 330 g/mol. The van der Waals surface area contributed by atoms with E-state index in [0.717, 1.165) is 12.1 Å². The van der Waals surface area contributed by atoms with E-state index in [-0.39, 0.29) is 23.9 Å². The minimum absolute atomic E-state index is 0.149. The lowest BCUT2D eigenvalue weighted by Gasteiger charge is -2.13. The Morgan fingerprint density at radius 3 is 2.78 bits per heavy atom. The van der Waals surface area contributed by atoms with E-state index in [1.54, 1.807) is 0 Å². The van der Waals surface area contributed by atoms with Gasteiger partial charge in [0, 0.05) is 12.6 Å². The summed E-state index contributed by atoms with van der Waals surface area (Å²) in [5, 5.41) is 5.62. The molecule has 1 aliphatic rings. The summed E-state index contributed by atoms with van der Waals surface area (Å²) in [7, 11) is 1.28. The van der Waals surface area contributed by atoms with Gasteiger partial charge in [0.25, 0.3) is 0 Å². The van der Waals surface area contributed by atoms with Crippen molar-refractivity contribution in [2.45, 2.75) is 31.1 Å². The molecule has 2 N–H and O–H groups in total. The van der Waals surface area contributed by atoms with Crippen molar-refractivity contribution in [1.29, 1.82) is 0 Å². The summed E-state index contributed by atoms with van der Waals surface area (Å²) in [6.07, 6.45) is -4.19. The lowest BCUT2D eigenvalue weighted by Crippen LogP contribution is -2.37. The summed E-state index contributed by atoms with van der Waals surface area (Å²) in [5.41, 5.74) is -0.496. The van der Waals surface area contributed by atoms with Gasteiger partial charge in [-0.3, -0.25) is 9.59 Å². The number of halogens is 3. The van der Waals surface area contributed by atoms with Gasteiger partial charge >= 0.3 is 12.1 Å². The Kier molecular flexibility index (Phi) is 5.25. The van der Waals surface area contributed by atoms with Crippen molar-refractivity contribution in [2.75, 3.05) is 13.7 Å². The second-order valence-electron chi connectivity index (χ2n) is 5.36. The SMILES string of the molecule is COC(=O)[C@@H]1C[C@H](NC(=O)Cc2cccc(C(F)(F)F)c2)CN1. The highest BCUT2D eigenvalue weighted by Crippen LogP contribution is 2.29. The van der Waals surface area contributed by atoms with Crippen LogP contribution in [0.1, 0.15) is 17.5 Å². The topological polar surface area (TPSA) is 67.4 Å². The molecule has 5 nitrogen and oxygen atoms in total. The minimum atomic E-state index is -4.43. The van der Waals surface area contributed by atoms with Crippen LogP contribution in [0.2, 0.25) is 0 Å². The van der Waals surface area contributed by atoms with Crippen LogP contribution in [-0.4, -0.2) is 37.6 Å². The van der Waals surface area contributed by atoms with Gasteiger partial charge in [-0.05, 0) is 18.1 Å². The molecule has 0 saturated carbocycles. The number of nitrogens with one attached hydrogen (secondary N) is 2. The fourth-order valence-corrected chi connectivity index (χ4v) is 2.49. The Balaban J connectivity index is 1.90. The average Bonchev–Trinajstić information content (AvgIpc) is 2.94.